The van der Waals surface area contributed by atoms with E-state index in [0.29, 0.717) is 10.0 Å². The number of carboxylic acid groups (broad SMARTS) is 1. The minimum Gasteiger partial charge on any atom is -0.480 e. The number of non-ortho nitro benzene ring substituents is 1. The third-order valence-electron chi connectivity index (χ3n) is 3.20. The lowest BCUT2D eigenvalue weighted by Gasteiger charge is -2.20. The number of aliphatic carboxylic acids is 1. The number of benzene rings is 1. The lowest BCUT2D eigenvalue weighted by molar-refractivity contribution is -0.384. The molecule has 8 heteroatoms. The zero-order valence-electron chi connectivity index (χ0n) is 11.0. The number of halogens is 1. The summed E-state index contributed by atoms with van der Waals surface area (Å²) in [5, 5.41) is 19.5. The molecule has 0 unspecified atom stereocenters. The van der Waals surface area contributed by atoms with Gasteiger partial charge in [-0.05, 0) is 18.4 Å². The molecule has 1 fully saturated rings. The Morgan fingerprint density at radius 2 is 2.10 bits per heavy atom. The van der Waals surface area contributed by atoms with Gasteiger partial charge in [0.25, 0.3) is 5.69 Å². The van der Waals surface area contributed by atoms with Gasteiger partial charge in [-0.15, -0.1) is 0 Å². The SMILES string of the molecule is O=C(O)CN(C(=O)Cc1ccc([N+](=O)[O-])cc1Br)C1CC1. The standard InChI is InChI=1S/C13H13BrN2O5/c14-11-6-10(16(20)21)2-1-8(11)5-12(17)15(7-13(18)19)9-3-4-9/h1-2,6,9H,3-5,7H2,(H,18,19). The molecule has 0 atom stereocenters. The van der Waals surface area contributed by atoms with Gasteiger partial charge in [-0.1, -0.05) is 22.0 Å². The Hall–Kier alpha value is -1.96. The normalized spacial score (nSPS) is 13.8. The Morgan fingerprint density at radius 1 is 1.43 bits per heavy atom. The second-order valence-electron chi connectivity index (χ2n) is 4.86. The molecule has 0 spiro atoms. The monoisotopic (exact) mass is 356 g/mol. The minimum atomic E-state index is -1.04. The van der Waals surface area contributed by atoms with Crippen LogP contribution in [-0.4, -0.2) is 39.4 Å². The number of amides is 1. The lowest BCUT2D eigenvalue weighted by atomic mass is 10.1. The summed E-state index contributed by atoms with van der Waals surface area (Å²) >= 11 is 3.21. The second kappa shape index (κ2) is 6.21. The quantitative estimate of drug-likeness (QED) is 0.620. The Bertz CT molecular complexity index is 600. The van der Waals surface area contributed by atoms with Crippen LogP contribution in [0.4, 0.5) is 5.69 Å². The first-order chi connectivity index (χ1) is 9.88. The molecule has 0 aromatic heterocycles. The van der Waals surface area contributed by atoms with Crippen LogP contribution in [0, 0.1) is 10.1 Å². The zero-order chi connectivity index (χ0) is 15.6. The maximum absolute atomic E-state index is 12.2. The van der Waals surface area contributed by atoms with Crippen LogP contribution < -0.4 is 0 Å². The molecule has 1 aromatic carbocycles. The maximum atomic E-state index is 12.2. The molecule has 1 amide bonds. The molecule has 1 N–H and O–H groups in total. The number of nitrogens with zero attached hydrogens (tertiary/aromatic N) is 2. The van der Waals surface area contributed by atoms with Crippen molar-refractivity contribution in [2.75, 3.05) is 6.54 Å². The number of rotatable bonds is 6. The number of nitro benzene ring substituents is 1. The molecule has 1 aromatic rings. The third kappa shape index (κ3) is 4.01. The Morgan fingerprint density at radius 3 is 2.57 bits per heavy atom. The summed E-state index contributed by atoms with van der Waals surface area (Å²) in [5.41, 5.74) is 0.532. The lowest BCUT2D eigenvalue weighted by Crippen LogP contribution is -2.38. The Balaban J connectivity index is 2.11. The van der Waals surface area contributed by atoms with Crippen LogP contribution in [0.5, 0.6) is 0 Å². The summed E-state index contributed by atoms with van der Waals surface area (Å²) in [5.74, 6) is -1.33. The molecular weight excluding hydrogens is 344 g/mol. The van der Waals surface area contributed by atoms with Crippen LogP contribution in [0.2, 0.25) is 0 Å². The molecule has 0 saturated heterocycles. The predicted molar refractivity (Wildman–Crippen MR) is 76.9 cm³/mol. The van der Waals surface area contributed by atoms with E-state index in [9.17, 15) is 19.7 Å². The van der Waals surface area contributed by atoms with Crippen LogP contribution in [0.25, 0.3) is 0 Å². The van der Waals surface area contributed by atoms with Crippen LogP contribution in [-0.2, 0) is 16.0 Å². The summed E-state index contributed by atoms with van der Waals surface area (Å²) in [6, 6.07) is 4.17. The van der Waals surface area contributed by atoms with Gasteiger partial charge in [-0.2, -0.15) is 0 Å². The number of hydrogen-bond acceptors (Lipinski definition) is 4. The van der Waals surface area contributed by atoms with Crippen molar-refractivity contribution >= 4 is 33.5 Å². The first kappa shape index (κ1) is 15.4. The van der Waals surface area contributed by atoms with Gasteiger partial charge in [0.15, 0.2) is 0 Å². The minimum absolute atomic E-state index is 0.00502. The molecule has 2 rings (SSSR count). The van der Waals surface area contributed by atoms with Gasteiger partial charge in [-0.25, -0.2) is 0 Å². The molecule has 0 aliphatic heterocycles. The highest BCUT2D eigenvalue weighted by Crippen LogP contribution is 2.29. The van der Waals surface area contributed by atoms with Crippen LogP contribution in [0.1, 0.15) is 18.4 Å². The molecule has 0 heterocycles. The van der Waals surface area contributed by atoms with Crippen molar-refractivity contribution < 1.29 is 19.6 Å². The fraction of sp³-hybridized carbons (Fsp3) is 0.385. The number of carboxylic acids is 1. The zero-order valence-corrected chi connectivity index (χ0v) is 12.6. The average Bonchev–Trinajstić information content (AvgIpc) is 3.22. The largest absolute Gasteiger partial charge is 0.480 e. The predicted octanol–water partition coefficient (Wildman–Crippen LogP) is 1.98. The van der Waals surface area contributed by atoms with Gasteiger partial charge < -0.3 is 10.0 Å². The van der Waals surface area contributed by atoms with E-state index in [4.69, 9.17) is 5.11 Å². The maximum Gasteiger partial charge on any atom is 0.323 e. The summed E-state index contributed by atoms with van der Waals surface area (Å²) in [7, 11) is 0. The van der Waals surface area contributed by atoms with Crippen molar-refractivity contribution in [3.63, 3.8) is 0 Å². The number of hydrogen-bond donors (Lipinski definition) is 1. The molecule has 1 aliphatic rings. The fourth-order valence-corrected chi connectivity index (χ4v) is 2.52. The van der Waals surface area contributed by atoms with Gasteiger partial charge in [0.2, 0.25) is 5.91 Å². The highest BCUT2D eigenvalue weighted by molar-refractivity contribution is 9.10. The van der Waals surface area contributed by atoms with E-state index >= 15 is 0 Å². The van der Waals surface area contributed by atoms with E-state index in [-0.39, 0.29) is 30.6 Å². The van der Waals surface area contributed by atoms with E-state index in [2.05, 4.69) is 15.9 Å². The van der Waals surface area contributed by atoms with Gasteiger partial charge in [0, 0.05) is 22.6 Å². The smallest absolute Gasteiger partial charge is 0.323 e. The van der Waals surface area contributed by atoms with E-state index in [1.807, 2.05) is 0 Å². The van der Waals surface area contributed by atoms with E-state index in [0.717, 1.165) is 12.8 Å². The van der Waals surface area contributed by atoms with Crippen molar-refractivity contribution in [3.8, 4) is 0 Å². The molecule has 21 heavy (non-hydrogen) atoms. The Kier molecular flexibility index (Phi) is 4.56. The molecule has 1 saturated carbocycles. The first-order valence-corrected chi connectivity index (χ1v) is 7.12. The number of carbonyl (C=O) groups excluding carboxylic acids is 1. The molecule has 7 nitrogen and oxygen atoms in total. The molecule has 112 valence electrons. The highest BCUT2D eigenvalue weighted by Gasteiger charge is 2.33. The van der Waals surface area contributed by atoms with Crippen molar-refractivity contribution in [1.29, 1.82) is 0 Å². The van der Waals surface area contributed by atoms with E-state index in [1.165, 1.54) is 23.1 Å². The van der Waals surface area contributed by atoms with Gasteiger partial charge >= 0.3 is 5.97 Å². The molecule has 0 radical (unpaired) electrons. The van der Waals surface area contributed by atoms with Crippen molar-refractivity contribution in [2.45, 2.75) is 25.3 Å². The first-order valence-electron chi connectivity index (χ1n) is 6.32. The summed E-state index contributed by atoms with van der Waals surface area (Å²) in [4.78, 5) is 34.5. The van der Waals surface area contributed by atoms with Gasteiger partial charge in [0.05, 0.1) is 11.3 Å². The summed E-state index contributed by atoms with van der Waals surface area (Å²) < 4.78 is 0.469. The second-order valence-corrected chi connectivity index (χ2v) is 5.71. The van der Waals surface area contributed by atoms with Gasteiger partial charge in [-0.3, -0.25) is 19.7 Å². The van der Waals surface area contributed by atoms with Crippen LogP contribution in [0.15, 0.2) is 22.7 Å². The third-order valence-corrected chi connectivity index (χ3v) is 3.94. The van der Waals surface area contributed by atoms with E-state index in [1.54, 1.807) is 0 Å². The van der Waals surface area contributed by atoms with E-state index < -0.39 is 10.9 Å². The molecule has 1 aliphatic carbocycles. The molecular formula is C13H13BrN2O5. The highest BCUT2D eigenvalue weighted by atomic mass is 79.9. The summed E-state index contributed by atoms with van der Waals surface area (Å²) in [6.07, 6.45) is 1.66. The summed E-state index contributed by atoms with van der Waals surface area (Å²) in [6.45, 7) is -0.311. The van der Waals surface area contributed by atoms with Gasteiger partial charge in [0.1, 0.15) is 6.54 Å². The number of carbonyl (C=O) groups is 2. The van der Waals surface area contributed by atoms with Crippen LogP contribution >= 0.6 is 15.9 Å². The van der Waals surface area contributed by atoms with Crippen molar-refractivity contribution in [3.05, 3.63) is 38.3 Å². The average molecular weight is 357 g/mol. The topological polar surface area (TPSA) is 101 Å². The Labute approximate surface area is 128 Å². The van der Waals surface area contributed by atoms with Crippen molar-refractivity contribution in [2.24, 2.45) is 0 Å². The fourth-order valence-electron chi connectivity index (χ4n) is 2.01. The van der Waals surface area contributed by atoms with Crippen LogP contribution in [0.3, 0.4) is 0 Å². The number of nitro groups is 1. The van der Waals surface area contributed by atoms with Crippen molar-refractivity contribution in [1.82, 2.24) is 4.90 Å². The molecule has 0 bridgehead atoms.